The molecule has 0 unspecified atom stereocenters. The van der Waals surface area contributed by atoms with Gasteiger partial charge in [-0.2, -0.15) is 16.8 Å². The first-order valence-electron chi connectivity index (χ1n) is 9.11. The summed E-state index contributed by atoms with van der Waals surface area (Å²) in [5.74, 6) is -0.562. The summed E-state index contributed by atoms with van der Waals surface area (Å²) in [7, 11) is -9.56. The number of nitrogens with zero attached hydrogens (tertiary/aromatic N) is 2. The summed E-state index contributed by atoms with van der Waals surface area (Å²) in [5.41, 5.74) is -0.0595. The zero-order valence-electron chi connectivity index (χ0n) is 16.5. The standard InChI is InChI=1S/C21H16N2O7S2/c1-12-6-8-15-14(10-12)11-18(31(25,26)27)19(20(15)24)23-22-17-9-7-13-4-2-3-5-16(13)21(17)32(28,29)30/h2-11,24H,1H3,(H,25,26,27)(H,28,29,30). The summed E-state index contributed by atoms with van der Waals surface area (Å²) in [6.07, 6.45) is 0. The van der Waals surface area contributed by atoms with Crippen LogP contribution in [0.1, 0.15) is 5.56 Å². The number of aromatic hydroxyl groups is 1. The SMILES string of the molecule is Cc1ccc2c(O)c(N=Nc3ccc4ccccc4c3S(=O)(=O)O)c(S(=O)(=O)O)cc2c1. The Hall–Kier alpha value is -3.38. The summed E-state index contributed by atoms with van der Waals surface area (Å²) in [4.78, 5) is -1.23. The normalized spacial score (nSPS) is 12.7. The van der Waals surface area contributed by atoms with Gasteiger partial charge in [-0.05, 0) is 29.8 Å². The third-order valence-corrected chi connectivity index (χ3v) is 6.67. The molecular formula is C21H16N2O7S2. The van der Waals surface area contributed by atoms with Gasteiger partial charge in [-0.15, -0.1) is 10.2 Å². The largest absolute Gasteiger partial charge is 0.505 e. The van der Waals surface area contributed by atoms with Crippen molar-refractivity contribution >= 4 is 53.2 Å². The third-order valence-electron chi connectivity index (χ3n) is 4.86. The van der Waals surface area contributed by atoms with E-state index < -0.39 is 41.5 Å². The van der Waals surface area contributed by atoms with Crippen molar-refractivity contribution in [1.82, 2.24) is 0 Å². The van der Waals surface area contributed by atoms with Crippen LogP contribution in [0.2, 0.25) is 0 Å². The Morgan fingerprint density at radius 2 is 1.47 bits per heavy atom. The Labute approximate surface area is 183 Å². The fraction of sp³-hybridized carbons (Fsp3) is 0.0476. The molecule has 0 bridgehead atoms. The molecule has 0 saturated carbocycles. The highest BCUT2D eigenvalue weighted by Crippen LogP contribution is 2.42. The Bertz CT molecular complexity index is 1640. The highest BCUT2D eigenvalue weighted by Gasteiger charge is 2.23. The quantitative estimate of drug-likeness (QED) is 0.281. The fourth-order valence-electron chi connectivity index (χ4n) is 3.45. The van der Waals surface area contributed by atoms with E-state index in [1.807, 2.05) is 0 Å². The van der Waals surface area contributed by atoms with Crippen molar-refractivity contribution in [2.75, 3.05) is 0 Å². The minimum absolute atomic E-state index is 0.180. The second-order valence-electron chi connectivity index (χ2n) is 7.08. The fourth-order valence-corrected chi connectivity index (χ4v) is 4.94. The minimum Gasteiger partial charge on any atom is -0.505 e. The smallest absolute Gasteiger partial charge is 0.297 e. The maximum atomic E-state index is 12.0. The van der Waals surface area contributed by atoms with Gasteiger partial charge in [-0.25, -0.2) is 0 Å². The monoisotopic (exact) mass is 472 g/mol. The predicted molar refractivity (Wildman–Crippen MR) is 118 cm³/mol. The number of fused-ring (bicyclic) bond motifs is 2. The lowest BCUT2D eigenvalue weighted by Crippen LogP contribution is -2.00. The van der Waals surface area contributed by atoms with Gasteiger partial charge in [0.05, 0.1) is 0 Å². The van der Waals surface area contributed by atoms with Crippen LogP contribution in [0.5, 0.6) is 5.75 Å². The maximum absolute atomic E-state index is 12.0. The van der Waals surface area contributed by atoms with Crippen LogP contribution in [-0.4, -0.2) is 31.0 Å². The van der Waals surface area contributed by atoms with Gasteiger partial charge in [0.2, 0.25) is 0 Å². The Morgan fingerprint density at radius 3 is 2.16 bits per heavy atom. The van der Waals surface area contributed by atoms with Gasteiger partial charge >= 0.3 is 0 Å². The van der Waals surface area contributed by atoms with Crippen LogP contribution in [0.15, 0.2) is 80.7 Å². The summed E-state index contributed by atoms with van der Waals surface area (Å²) < 4.78 is 67.4. The van der Waals surface area contributed by atoms with Gasteiger partial charge in [0.1, 0.15) is 21.2 Å². The number of azo groups is 1. The van der Waals surface area contributed by atoms with Crippen molar-refractivity contribution in [3.63, 3.8) is 0 Å². The summed E-state index contributed by atoms with van der Waals surface area (Å²) in [6, 6.07) is 15.2. The highest BCUT2D eigenvalue weighted by atomic mass is 32.2. The average molecular weight is 473 g/mol. The van der Waals surface area contributed by atoms with Crippen molar-refractivity contribution in [3.8, 4) is 5.75 Å². The minimum atomic E-state index is -4.82. The predicted octanol–water partition coefficient (Wildman–Crippen LogP) is 4.92. The van der Waals surface area contributed by atoms with Crippen LogP contribution in [0.3, 0.4) is 0 Å². The van der Waals surface area contributed by atoms with Crippen LogP contribution < -0.4 is 0 Å². The molecule has 0 aromatic heterocycles. The van der Waals surface area contributed by atoms with Crippen LogP contribution in [0, 0.1) is 6.92 Å². The molecule has 32 heavy (non-hydrogen) atoms. The van der Waals surface area contributed by atoms with E-state index in [4.69, 9.17) is 0 Å². The molecule has 11 heteroatoms. The molecule has 0 atom stereocenters. The molecule has 0 amide bonds. The maximum Gasteiger partial charge on any atom is 0.297 e. The Balaban J connectivity index is 2.00. The van der Waals surface area contributed by atoms with Crippen molar-refractivity contribution in [2.45, 2.75) is 16.7 Å². The molecule has 0 fully saturated rings. The molecule has 0 aliphatic rings. The lowest BCUT2D eigenvalue weighted by molar-refractivity contribution is 0.472. The van der Waals surface area contributed by atoms with E-state index in [0.717, 1.165) is 11.6 Å². The van der Waals surface area contributed by atoms with E-state index in [0.29, 0.717) is 10.8 Å². The van der Waals surface area contributed by atoms with Gasteiger partial charge in [0.25, 0.3) is 20.2 Å². The third kappa shape index (κ3) is 3.94. The first-order chi connectivity index (χ1) is 15.0. The number of benzene rings is 4. The average Bonchev–Trinajstić information content (AvgIpc) is 2.70. The van der Waals surface area contributed by atoms with E-state index >= 15 is 0 Å². The number of hydrogen-bond acceptors (Lipinski definition) is 7. The topological polar surface area (TPSA) is 154 Å². The lowest BCUT2D eigenvalue weighted by atomic mass is 10.1. The summed E-state index contributed by atoms with van der Waals surface area (Å²) >= 11 is 0. The van der Waals surface area contributed by atoms with Crippen molar-refractivity contribution in [2.24, 2.45) is 10.2 Å². The number of phenolic OH excluding ortho intramolecular Hbond substituents is 1. The van der Waals surface area contributed by atoms with E-state index in [1.54, 1.807) is 49.4 Å². The number of phenols is 1. The molecule has 0 aliphatic carbocycles. The van der Waals surface area contributed by atoms with Crippen molar-refractivity contribution in [3.05, 3.63) is 66.2 Å². The van der Waals surface area contributed by atoms with E-state index in [-0.39, 0.29) is 16.5 Å². The zero-order chi connectivity index (χ0) is 23.3. The van der Waals surface area contributed by atoms with E-state index in [2.05, 4.69) is 10.2 Å². The van der Waals surface area contributed by atoms with Gasteiger partial charge in [-0.3, -0.25) is 9.11 Å². The van der Waals surface area contributed by atoms with Crippen LogP contribution in [-0.2, 0) is 20.2 Å². The molecule has 164 valence electrons. The van der Waals surface area contributed by atoms with E-state index in [9.17, 15) is 31.0 Å². The molecule has 4 aromatic rings. The molecule has 0 heterocycles. The molecule has 0 radical (unpaired) electrons. The second-order valence-corrected chi connectivity index (χ2v) is 9.83. The first-order valence-corrected chi connectivity index (χ1v) is 12.0. The molecule has 4 aromatic carbocycles. The van der Waals surface area contributed by atoms with Gasteiger partial charge < -0.3 is 5.11 Å². The Morgan fingerprint density at radius 1 is 0.750 bits per heavy atom. The number of rotatable bonds is 4. The molecule has 0 aliphatic heterocycles. The molecule has 4 rings (SSSR count). The first kappa shape index (κ1) is 21.8. The van der Waals surface area contributed by atoms with Crippen LogP contribution >= 0.6 is 0 Å². The van der Waals surface area contributed by atoms with Gasteiger partial charge in [0.15, 0.2) is 5.75 Å². The molecule has 0 spiro atoms. The van der Waals surface area contributed by atoms with Gasteiger partial charge in [0, 0.05) is 10.8 Å². The second kappa shape index (κ2) is 7.64. The number of hydrogen-bond donors (Lipinski definition) is 3. The van der Waals surface area contributed by atoms with Crippen LogP contribution in [0.4, 0.5) is 11.4 Å². The van der Waals surface area contributed by atoms with Crippen LogP contribution in [0.25, 0.3) is 21.5 Å². The molecular weight excluding hydrogens is 456 g/mol. The molecule has 0 saturated heterocycles. The zero-order valence-corrected chi connectivity index (χ0v) is 18.1. The Kier molecular flexibility index (Phi) is 5.21. The van der Waals surface area contributed by atoms with Gasteiger partial charge in [-0.1, -0.05) is 54.1 Å². The molecule has 3 N–H and O–H groups in total. The molecule has 9 nitrogen and oxygen atoms in total. The van der Waals surface area contributed by atoms with E-state index in [1.165, 1.54) is 12.1 Å². The van der Waals surface area contributed by atoms with Crippen molar-refractivity contribution < 1.29 is 31.0 Å². The lowest BCUT2D eigenvalue weighted by Gasteiger charge is -2.10. The summed E-state index contributed by atoms with van der Waals surface area (Å²) in [5, 5.41) is 19.5. The number of aryl methyl sites for hydroxylation is 1. The summed E-state index contributed by atoms with van der Waals surface area (Å²) in [6.45, 7) is 1.77. The highest BCUT2D eigenvalue weighted by molar-refractivity contribution is 7.86. The van der Waals surface area contributed by atoms with Crippen molar-refractivity contribution in [1.29, 1.82) is 0 Å².